The van der Waals surface area contributed by atoms with Crippen LogP contribution in [0.4, 0.5) is 0 Å². The van der Waals surface area contributed by atoms with Gasteiger partial charge >= 0.3 is 0 Å². The van der Waals surface area contributed by atoms with E-state index in [2.05, 4.69) is 11.9 Å². The second-order valence-corrected chi connectivity index (χ2v) is 4.42. The van der Waals surface area contributed by atoms with Crippen molar-refractivity contribution in [2.24, 2.45) is 16.6 Å². The summed E-state index contributed by atoms with van der Waals surface area (Å²) in [7, 11) is 0. The Labute approximate surface area is 88.0 Å². The number of amidine groups is 1. The van der Waals surface area contributed by atoms with E-state index in [9.17, 15) is 0 Å². The molecule has 1 rings (SSSR count). The lowest BCUT2D eigenvalue weighted by Gasteiger charge is -2.20. The molecule has 0 spiro atoms. The molecule has 2 nitrogen and oxygen atoms in total. The van der Waals surface area contributed by atoms with Gasteiger partial charge in [0.15, 0.2) is 0 Å². The van der Waals surface area contributed by atoms with E-state index in [0.717, 1.165) is 31.1 Å². The lowest BCUT2D eigenvalue weighted by Crippen LogP contribution is -2.13. The van der Waals surface area contributed by atoms with Gasteiger partial charge in [0, 0.05) is 13.0 Å². The predicted octanol–water partition coefficient (Wildman–Crippen LogP) is 3.11. The number of aliphatic imine (C=N–C) groups is 1. The van der Waals surface area contributed by atoms with E-state index in [1.807, 2.05) is 0 Å². The molecule has 0 saturated heterocycles. The first-order valence-electron chi connectivity index (χ1n) is 6.11. The maximum atomic E-state index is 5.75. The van der Waals surface area contributed by atoms with E-state index in [-0.39, 0.29) is 0 Å². The summed E-state index contributed by atoms with van der Waals surface area (Å²) in [4.78, 5) is 4.40. The molecule has 0 bridgehead atoms. The molecule has 0 aromatic rings. The van der Waals surface area contributed by atoms with Crippen LogP contribution < -0.4 is 5.73 Å². The average molecular weight is 196 g/mol. The topological polar surface area (TPSA) is 38.4 Å². The van der Waals surface area contributed by atoms with E-state index in [1.54, 1.807) is 0 Å². The van der Waals surface area contributed by atoms with Crippen LogP contribution in [0, 0.1) is 5.92 Å². The first-order chi connectivity index (χ1) is 6.83. The van der Waals surface area contributed by atoms with Gasteiger partial charge in [0.1, 0.15) is 0 Å². The van der Waals surface area contributed by atoms with Crippen LogP contribution in [0.3, 0.4) is 0 Å². The Hall–Kier alpha value is -0.530. The minimum Gasteiger partial charge on any atom is -0.387 e. The molecule has 0 aliphatic heterocycles. The van der Waals surface area contributed by atoms with Gasteiger partial charge in [0.2, 0.25) is 0 Å². The highest BCUT2D eigenvalue weighted by Crippen LogP contribution is 2.25. The van der Waals surface area contributed by atoms with Gasteiger partial charge in [-0.15, -0.1) is 0 Å². The number of hydrogen-bond acceptors (Lipinski definition) is 1. The molecule has 1 aliphatic carbocycles. The largest absolute Gasteiger partial charge is 0.387 e. The normalized spacial score (nSPS) is 19.9. The lowest BCUT2D eigenvalue weighted by molar-refractivity contribution is 0.343. The molecule has 1 saturated carbocycles. The standard InChI is InChI=1S/C12H24N2/c1-2-6-12(13)14-10-9-11-7-4-3-5-8-11/h11H,2-10H2,1H3,(H2,13,14). The Morgan fingerprint density at radius 2 is 2.00 bits per heavy atom. The Morgan fingerprint density at radius 3 is 2.64 bits per heavy atom. The van der Waals surface area contributed by atoms with E-state index in [1.165, 1.54) is 38.5 Å². The minimum absolute atomic E-state index is 0.850. The fourth-order valence-corrected chi connectivity index (χ4v) is 2.20. The SMILES string of the molecule is CCCC(N)=NCCC1CCCCC1. The Balaban J connectivity index is 2.09. The third-order valence-corrected chi connectivity index (χ3v) is 3.08. The lowest BCUT2D eigenvalue weighted by atomic mass is 9.87. The first-order valence-corrected chi connectivity index (χ1v) is 6.11. The fourth-order valence-electron chi connectivity index (χ4n) is 2.20. The maximum Gasteiger partial charge on any atom is 0.0936 e. The summed E-state index contributed by atoms with van der Waals surface area (Å²) in [5.74, 6) is 1.78. The van der Waals surface area contributed by atoms with Gasteiger partial charge in [-0.1, -0.05) is 39.0 Å². The summed E-state index contributed by atoms with van der Waals surface area (Å²) >= 11 is 0. The molecular weight excluding hydrogens is 172 g/mol. The third kappa shape index (κ3) is 4.64. The number of nitrogens with two attached hydrogens (primary N) is 1. The van der Waals surface area contributed by atoms with Crippen molar-refractivity contribution in [1.82, 2.24) is 0 Å². The molecule has 0 aromatic carbocycles. The number of rotatable bonds is 5. The van der Waals surface area contributed by atoms with Crippen molar-refractivity contribution in [3.63, 3.8) is 0 Å². The predicted molar refractivity (Wildman–Crippen MR) is 62.6 cm³/mol. The quantitative estimate of drug-likeness (QED) is 0.532. The van der Waals surface area contributed by atoms with E-state index in [0.29, 0.717) is 0 Å². The monoisotopic (exact) mass is 196 g/mol. The second-order valence-electron chi connectivity index (χ2n) is 4.42. The number of hydrogen-bond donors (Lipinski definition) is 1. The van der Waals surface area contributed by atoms with Gasteiger partial charge in [-0.3, -0.25) is 4.99 Å². The van der Waals surface area contributed by atoms with E-state index >= 15 is 0 Å². The fraction of sp³-hybridized carbons (Fsp3) is 0.917. The van der Waals surface area contributed by atoms with E-state index < -0.39 is 0 Å². The molecule has 2 N–H and O–H groups in total. The third-order valence-electron chi connectivity index (χ3n) is 3.08. The van der Waals surface area contributed by atoms with Gasteiger partial charge in [-0.2, -0.15) is 0 Å². The average Bonchev–Trinajstić information content (AvgIpc) is 2.20. The summed E-state index contributed by atoms with van der Waals surface area (Å²) in [6, 6.07) is 0. The van der Waals surface area contributed by atoms with Gasteiger partial charge in [0.05, 0.1) is 5.84 Å². The van der Waals surface area contributed by atoms with Gasteiger partial charge < -0.3 is 5.73 Å². The van der Waals surface area contributed by atoms with Crippen molar-refractivity contribution in [2.75, 3.05) is 6.54 Å². The van der Waals surface area contributed by atoms with Gasteiger partial charge in [-0.25, -0.2) is 0 Å². The zero-order valence-electron chi connectivity index (χ0n) is 9.47. The second kappa shape index (κ2) is 6.86. The molecule has 0 heterocycles. The molecule has 1 aliphatic rings. The Morgan fingerprint density at radius 1 is 1.29 bits per heavy atom. The highest BCUT2D eigenvalue weighted by atomic mass is 14.8. The minimum atomic E-state index is 0.850. The summed E-state index contributed by atoms with van der Waals surface area (Å²) < 4.78 is 0. The maximum absolute atomic E-state index is 5.75. The van der Waals surface area contributed by atoms with Crippen LogP contribution >= 0.6 is 0 Å². The molecule has 0 amide bonds. The molecular formula is C12H24N2. The molecule has 0 aromatic heterocycles. The van der Waals surface area contributed by atoms with Crippen molar-refractivity contribution < 1.29 is 0 Å². The molecule has 0 unspecified atom stereocenters. The summed E-state index contributed by atoms with van der Waals surface area (Å²) in [6.07, 6.45) is 10.5. The Kier molecular flexibility index (Phi) is 5.65. The highest BCUT2D eigenvalue weighted by molar-refractivity contribution is 5.80. The number of nitrogens with zero attached hydrogens (tertiary/aromatic N) is 1. The van der Waals surface area contributed by atoms with Crippen LogP contribution in [0.2, 0.25) is 0 Å². The zero-order chi connectivity index (χ0) is 10.2. The van der Waals surface area contributed by atoms with Crippen molar-refractivity contribution in [3.8, 4) is 0 Å². The van der Waals surface area contributed by atoms with Crippen molar-refractivity contribution in [2.45, 2.75) is 58.3 Å². The van der Waals surface area contributed by atoms with Crippen LogP contribution in [0.5, 0.6) is 0 Å². The smallest absolute Gasteiger partial charge is 0.0936 e. The van der Waals surface area contributed by atoms with E-state index in [4.69, 9.17) is 5.73 Å². The molecule has 82 valence electrons. The molecule has 2 heteroatoms. The van der Waals surface area contributed by atoms with Crippen LogP contribution in [0.25, 0.3) is 0 Å². The van der Waals surface area contributed by atoms with Crippen LogP contribution in [-0.4, -0.2) is 12.4 Å². The Bertz CT molecular complexity index is 169. The summed E-state index contributed by atoms with van der Waals surface area (Å²) in [5.41, 5.74) is 5.75. The van der Waals surface area contributed by atoms with Crippen molar-refractivity contribution >= 4 is 5.84 Å². The first kappa shape index (κ1) is 11.5. The van der Waals surface area contributed by atoms with Crippen LogP contribution in [-0.2, 0) is 0 Å². The molecule has 1 fully saturated rings. The van der Waals surface area contributed by atoms with Crippen LogP contribution in [0.1, 0.15) is 58.3 Å². The molecule has 0 atom stereocenters. The highest BCUT2D eigenvalue weighted by Gasteiger charge is 2.12. The van der Waals surface area contributed by atoms with Crippen LogP contribution in [0.15, 0.2) is 4.99 Å². The summed E-state index contributed by atoms with van der Waals surface area (Å²) in [5, 5.41) is 0. The molecule has 14 heavy (non-hydrogen) atoms. The summed E-state index contributed by atoms with van der Waals surface area (Å²) in [6.45, 7) is 3.10. The van der Waals surface area contributed by atoms with Gasteiger partial charge in [-0.05, 0) is 18.8 Å². The van der Waals surface area contributed by atoms with Gasteiger partial charge in [0.25, 0.3) is 0 Å². The zero-order valence-corrected chi connectivity index (χ0v) is 9.47. The molecule has 0 radical (unpaired) electrons. The van der Waals surface area contributed by atoms with Crippen molar-refractivity contribution in [1.29, 1.82) is 0 Å². The van der Waals surface area contributed by atoms with Crippen molar-refractivity contribution in [3.05, 3.63) is 0 Å².